The second-order valence-electron chi connectivity index (χ2n) is 12.9. The van der Waals surface area contributed by atoms with E-state index < -0.39 is 0 Å². The van der Waals surface area contributed by atoms with Crippen LogP contribution in [-0.2, 0) is 0 Å². The number of fused-ring (bicyclic) bond motifs is 12. The summed E-state index contributed by atoms with van der Waals surface area (Å²) in [6.45, 7) is 2.22. The molecule has 0 fully saturated rings. The van der Waals surface area contributed by atoms with Gasteiger partial charge in [0.1, 0.15) is 11.2 Å². The number of benzene rings is 7. The Morgan fingerprint density at radius 1 is 0.553 bits per heavy atom. The molecule has 0 unspecified atom stereocenters. The Kier molecular flexibility index (Phi) is 4.86. The van der Waals surface area contributed by atoms with Crippen LogP contribution in [0.3, 0.4) is 0 Å². The van der Waals surface area contributed by atoms with Gasteiger partial charge in [-0.1, -0.05) is 97.1 Å². The Bertz CT molecular complexity index is 2770. The molecule has 3 nitrogen and oxygen atoms in total. The van der Waals surface area contributed by atoms with E-state index in [1.807, 2.05) is 0 Å². The predicted molar refractivity (Wildman–Crippen MR) is 197 cm³/mol. The average Bonchev–Trinajstić information content (AvgIpc) is 3.68. The highest BCUT2D eigenvalue weighted by Gasteiger charge is 2.45. The van der Waals surface area contributed by atoms with E-state index in [0.717, 1.165) is 16.6 Å². The quantitative estimate of drug-likeness (QED) is 0.185. The van der Waals surface area contributed by atoms with E-state index >= 15 is 0 Å². The van der Waals surface area contributed by atoms with E-state index in [0.29, 0.717) is 0 Å². The third-order valence-electron chi connectivity index (χ3n) is 10.5. The van der Waals surface area contributed by atoms with Crippen LogP contribution in [0.4, 0.5) is 11.4 Å². The predicted octanol–water partition coefficient (Wildman–Crippen LogP) is 9.90. The van der Waals surface area contributed by atoms with Gasteiger partial charge in [-0.15, -0.1) is 0 Å². The van der Waals surface area contributed by atoms with Gasteiger partial charge in [0.05, 0.1) is 11.0 Å². The van der Waals surface area contributed by atoms with Gasteiger partial charge in [-0.2, -0.15) is 0 Å². The summed E-state index contributed by atoms with van der Waals surface area (Å²) in [4.78, 5) is 2.58. The molecule has 7 aromatic carbocycles. The van der Waals surface area contributed by atoms with Gasteiger partial charge in [0.25, 0.3) is 0 Å². The van der Waals surface area contributed by atoms with Crippen molar-refractivity contribution >= 4 is 72.9 Å². The Labute approximate surface area is 272 Å². The van der Waals surface area contributed by atoms with Crippen molar-refractivity contribution in [1.29, 1.82) is 0 Å². The molecule has 9 aromatic rings. The van der Waals surface area contributed by atoms with Crippen LogP contribution in [0.25, 0.3) is 71.7 Å². The highest BCUT2D eigenvalue weighted by Crippen LogP contribution is 2.51. The molecule has 47 heavy (non-hydrogen) atoms. The zero-order chi connectivity index (χ0) is 30.8. The molecule has 0 saturated heterocycles. The van der Waals surface area contributed by atoms with E-state index in [2.05, 4.69) is 162 Å². The molecule has 0 atom stereocenters. The molecule has 11 rings (SSSR count). The first-order valence-electron chi connectivity index (χ1n) is 16.3. The van der Waals surface area contributed by atoms with Crippen LogP contribution >= 0.6 is 0 Å². The fourth-order valence-electron chi connectivity index (χ4n) is 8.65. The molecule has 2 aliphatic rings. The molecule has 2 aliphatic heterocycles. The maximum absolute atomic E-state index is 6.54. The highest BCUT2D eigenvalue weighted by atomic mass is 16.3. The van der Waals surface area contributed by atoms with Crippen LogP contribution in [0, 0.1) is 6.92 Å². The molecule has 4 heteroatoms. The second kappa shape index (κ2) is 9.05. The lowest BCUT2D eigenvalue weighted by Crippen LogP contribution is -2.60. The van der Waals surface area contributed by atoms with E-state index in [4.69, 9.17) is 4.42 Å². The van der Waals surface area contributed by atoms with Gasteiger partial charge in [-0.05, 0) is 88.6 Å². The zero-order valence-corrected chi connectivity index (χ0v) is 25.7. The van der Waals surface area contributed by atoms with Crippen molar-refractivity contribution in [3.63, 3.8) is 0 Å². The Balaban J connectivity index is 1.43. The number of rotatable bonds is 2. The van der Waals surface area contributed by atoms with E-state index in [-0.39, 0.29) is 6.85 Å². The number of furan rings is 1. The molecule has 0 aliphatic carbocycles. The molecule has 2 aromatic heterocycles. The summed E-state index contributed by atoms with van der Waals surface area (Å²) in [5.41, 5.74) is 16.9. The number of para-hydroxylation sites is 4. The molecule has 218 valence electrons. The van der Waals surface area contributed by atoms with Gasteiger partial charge in [0, 0.05) is 44.2 Å². The fourth-order valence-corrected chi connectivity index (χ4v) is 8.65. The lowest BCUT2D eigenvalue weighted by atomic mass is 9.43. The number of hydrogen-bond donors (Lipinski definition) is 0. The van der Waals surface area contributed by atoms with Gasteiger partial charge in [0.15, 0.2) is 0 Å². The summed E-state index contributed by atoms with van der Waals surface area (Å²) in [6, 6.07) is 53.1. The normalized spacial score (nSPS) is 13.1. The lowest BCUT2D eigenvalue weighted by molar-refractivity contribution is 0.669. The molecule has 0 amide bonds. The van der Waals surface area contributed by atoms with Crippen LogP contribution in [0.15, 0.2) is 150 Å². The summed E-state index contributed by atoms with van der Waals surface area (Å²) in [5.74, 6) is 0. The van der Waals surface area contributed by atoms with Crippen LogP contribution in [0.5, 0.6) is 0 Å². The molecular formula is C43H27BN2O. The molecule has 0 saturated carbocycles. The summed E-state index contributed by atoms with van der Waals surface area (Å²) >= 11 is 0. The van der Waals surface area contributed by atoms with Crippen molar-refractivity contribution in [3.8, 4) is 27.9 Å². The molecular weight excluding hydrogens is 571 g/mol. The third kappa shape index (κ3) is 3.17. The van der Waals surface area contributed by atoms with Crippen molar-refractivity contribution in [1.82, 2.24) is 4.57 Å². The molecule has 4 heterocycles. The highest BCUT2D eigenvalue weighted by molar-refractivity contribution is 6.94. The Hall–Kier alpha value is -6.00. The van der Waals surface area contributed by atoms with Crippen LogP contribution in [-0.4, -0.2) is 11.4 Å². The van der Waals surface area contributed by atoms with Gasteiger partial charge in [-0.25, -0.2) is 0 Å². The minimum absolute atomic E-state index is 0.0167. The first-order valence-corrected chi connectivity index (χ1v) is 16.3. The van der Waals surface area contributed by atoms with Gasteiger partial charge < -0.3 is 13.8 Å². The zero-order valence-electron chi connectivity index (χ0n) is 25.7. The fraction of sp³-hybridized carbons (Fsp3) is 0.0233. The molecule has 0 spiro atoms. The largest absolute Gasteiger partial charge is 0.456 e. The average molecular weight is 599 g/mol. The van der Waals surface area contributed by atoms with Crippen molar-refractivity contribution in [2.45, 2.75) is 6.92 Å². The standard InChI is InChI=1S/C43H27BN2O/c1-26-13-5-6-16-28(26)31-25-32-40-36(23-24-38-41(40)30-18-8-12-22-37(30)47-38)46(27-14-3-2-4-15-27)44-33-19-9-11-21-35(33)45-34-20-10-7-17-29(34)39(31)43(45)42(32)44/h2-25H,1H3. The van der Waals surface area contributed by atoms with Gasteiger partial charge in [0.2, 0.25) is 0 Å². The monoisotopic (exact) mass is 598 g/mol. The first kappa shape index (κ1) is 25.2. The second-order valence-corrected chi connectivity index (χ2v) is 12.9. The maximum Gasteiger partial charge on any atom is 0.333 e. The summed E-state index contributed by atoms with van der Waals surface area (Å²) in [5, 5.41) is 4.91. The number of aromatic nitrogens is 1. The minimum Gasteiger partial charge on any atom is -0.456 e. The lowest BCUT2D eigenvalue weighted by Gasteiger charge is -2.42. The maximum atomic E-state index is 6.54. The van der Waals surface area contributed by atoms with Gasteiger partial charge >= 0.3 is 6.85 Å². The Morgan fingerprint density at radius 3 is 2.19 bits per heavy atom. The Morgan fingerprint density at radius 2 is 1.30 bits per heavy atom. The van der Waals surface area contributed by atoms with Crippen molar-refractivity contribution in [2.75, 3.05) is 4.81 Å². The SMILES string of the molecule is Cc1ccccc1-c1cc2c3c4c1c1ccccc1n4-c1ccccc1B3N(c1ccccc1)c1ccc3oc4ccccc4c3c1-2. The van der Waals surface area contributed by atoms with Crippen LogP contribution in [0.2, 0.25) is 0 Å². The number of aryl methyl sites for hydroxylation is 1. The van der Waals surface area contributed by atoms with Crippen LogP contribution < -0.4 is 15.7 Å². The van der Waals surface area contributed by atoms with Crippen molar-refractivity contribution < 1.29 is 4.42 Å². The molecule has 0 radical (unpaired) electrons. The smallest absolute Gasteiger partial charge is 0.333 e. The third-order valence-corrected chi connectivity index (χ3v) is 10.5. The number of hydrogen-bond acceptors (Lipinski definition) is 2. The summed E-state index contributed by atoms with van der Waals surface area (Å²) in [7, 11) is 0. The topological polar surface area (TPSA) is 21.3 Å². The van der Waals surface area contributed by atoms with E-state index in [9.17, 15) is 0 Å². The van der Waals surface area contributed by atoms with Gasteiger partial charge in [-0.3, -0.25) is 0 Å². The number of anilines is 2. The molecule has 0 bridgehead atoms. The van der Waals surface area contributed by atoms with E-state index in [1.165, 1.54) is 83.0 Å². The van der Waals surface area contributed by atoms with Crippen molar-refractivity contribution in [3.05, 3.63) is 151 Å². The molecule has 0 N–H and O–H groups in total. The number of nitrogens with zero attached hydrogens (tertiary/aromatic N) is 2. The summed E-state index contributed by atoms with van der Waals surface area (Å²) in [6.07, 6.45) is 0. The minimum atomic E-state index is -0.0167. The van der Waals surface area contributed by atoms with E-state index in [1.54, 1.807) is 0 Å². The summed E-state index contributed by atoms with van der Waals surface area (Å²) < 4.78 is 9.08. The van der Waals surface area contributed by atoms with Crippen LogP contribution in [0.1, 0.15) is 5.56 Å². The van der Waals surface area contributed by atoms with Crippen molar-refractivity contribution in [2.24, 2.45) is 0 Å². The first-order chi connectivity index (χ1) is 23.3.